The predicted molar refractivity (Wildman–Crippen MR) is 119 cm³/mol. The van der Waals surface area contributed by atoms with Gasteiger partial charge in [-0.05, 0) is 86.4 Å². The van der Waals surface area contributed by atoms with Crippen molar-refractivity contribution in [2.24, 2.45) is 0 Å². The van der Waals surface area contributed by atoms with Gasteiger partial charge in [-0.25, -0.2) is 0 Å². The minimum absolute atomic E-state index is 0.578. The summed E-state index contributed by atoms with van der Waals surface area (Å²) in [5.41, 5.74) is 5.45. The smallest absolute Gasteiger partial charge is 0.175 e. The van der Waals surface area contributed by atoms with Gasteiger partial charge < -0.3 is 15.2 Å². The van der Waals surface area contributed by atoms with E-state index >= 15 is 0 Å². The van der Waals surface area contributed by atoms with E-state index < -0.39 is 0 Å². The van der Waals surface area contributed by atoms with Crippen LogP contribution in [-0.2, 0) is 13.0 Å². The molecule has 2 aromatic carbocycles. The van der Waals surface area contributed by atoms with Crippen molar-refractivity contribution in [2.75, 3.05) is 10.6 Å². The fourth-order valence-electron chi connectivity index (χ4n) is 3.74. The Morgan fingerprint density at radius 2 is 1.61 bits per heavy atom. The fraction of sp³-hybridized carbons (Fsp3) is 0.318. The second-order valence-electron chi connectivity index (χ2n) is 7.43. The third kappa shape index (κ3) is 4.22. The molecule has 6 heteroatoms. The van der Waals surface area contributed by atoms with Crippen LogP contribution in [0.4, 0.5) is 11.4 Å². The third-order valence-electron chi connectivity index (χ3n) is 4.99. The van der Waals surface area contributed by atoms with Gasteiger partial charge in [0.25, 0.3) is 0 Å². The van der Waals surface area contributed by atoms with Crippen LogP contribution in [0.15, 0.2) is 42.5 Å². The van der Waals surface area contributed by atoms with Crippen LogP contribution >= 0.6 is 12.2 Å². The summed E-state index contributed by atoms with van der Waals surface area (Å²) in [6, 6.07) is 14.5. The van der Waals surface area contributed by atoms with Gasteiger partial charge in [0.1, 0.15) is 5.82 Å². The molecule has 144 valence electrons. The van der Waals surface area contributed by atoms with E-state index in [9.17, 15) is 0 Å². The van der Waals surface area contributed by atoms with Crippen molar-refractivity contribution in [3.8, 4) is 11.4 Å². The monoisotopic (exact) mass is 391 g/mol. The number of nitrogens with zero attached hydrogens (tertiary/aromatic N) is 3. The molecule has 28 heavy (non-hydrogen) atoms. The Morgan fingerprint density at radius 1 is 0.893 bits per heavy atom. The highest BCUT2D eigenvalue weighted by atomic mass is 32.1. The highest BCUT2D eigenvalue weighted by molar-refractivity contribution is 7.80. The van der Waals surface area contributed by atoms with Gasteiger partial charge >= 0.3 is 0 Å². The summed E-state index contributed by atoms with van der Waals surface area (Å²) in [5, 5.41) is 15.9. The highest BCUT2D eigenvalue weighted by Gasteiger charge is 2.15. The first kappa shape index (κ1) is 18.6. The molecule has 1 aliphatic heterocycles. The lowest BCUT2D eigenvalue weighted by Crippen LogP contribution is -2.19. The van der Waals surface area contributed by atoms with Crippen LogP contribution in [0, 0.1) is 13.8 Å². The van der Waals surface area contributed by atoms with E-state index in [1.807, 2.05) is 12.1 Å². The molecule has 0 aliphatic carbocycles. The van der Waals surface area contributed by atoms with Gasteiger partial charge in [-0.15, -0.1) is 10.2 Å². The molecule has 0 amide bonds. The number of hydrogen-bond acceptors (Lipinski definition) is 3. The normalized spacial score (nSPS) is 13.5. The second-order valence-corrected chi connectivity index (χ2v) is 7.84. The molecule has 0 saturated heterocycles. The minimum Gasteiger partial charge on any atom is -0.332 e. The number of aryl methyl sites for hydroxylation is 3. The zero-order valence-electron chi connectivity index (χ0n) is 16.3. The van der Waals surface area contributed by atoms with Crippen LogP contribution in [0.5, 0.6) is 0 Å². The van der Waals surface area contributed by atoms with Crippen LogP contribution in [0.2, 0.25) is 0 Å². The van der Waals surface area contributed by atoms with E-state index in [-0.39, 0.29) is 0 Å². The SMILES string of the molecule is Cc1cc(C)cc(NC(=S)Nc2ccc(-c3nnc4n3CCCCC4)cc2)c1. The van der Waals surface area contributed by atoms with Crippen molar-refractivity contribution in [1.29, 1.82) is 0 Å². The van der Waals surface area contributed by atoms with Gasteiger partial charge in [0, 0.05) is 29.9 Å². The summed E-state index contributed by atoms with van der Waals surface area (Å²) in [4.78, 5) is 0. The number of fused-ring (bicyclic) bond motifs is 1. The van der Waals surface area contributed by atoms with Crippen LogP contribution in [-0.4, -0.2) is 19.9 Å². The van der Waals surface area contributed by atoms with E-state index in [4.69, 9.17) is 12.2 Å². The van der Waals surface area contributed by atoms with Crippen LogP contribution in [0.1, 0.15) is 36.2 Å². The van der Waals surface area contributed by atoms with Gasteiger partial charge in [0.15, 0.2) is 10.9 Å². The molecular weight excluding hydrogens is 366 g/mol. The average Bonchev–Trinajstić information content (AvgIpc) is 2.89. The van der Waals surface area contributed by atoms with Crippen molar-refractivity contribution in [2.45, 2.75) is 46.1 Å². The van der Waals surface area contributed by atoms with Gasteiger partial charge in [0.05, 0.1) is 0 Å². The molecule has 2 N–H and O–H groups in total. The van der Waals surface area contributed by atoms with E-state index in [2.05, 4.69) is 69.6 Å². The maximum Gasteiger partial charge on any atom is 0.175 e. The molecule has 0 atom stereocenters. The molecule has 2 heterocycles. The minimum atomic E-state index is 0.578. The lowest BCUT2D eigenvalue weighted by Gasteiger charge is -2.12. The zero-order chi connectivity index (χ0) is 19.5. The number of hydrogen-bond donors (Lipinski definition) is 2. The molecule has 1 aromatic heterocycles. The Bertz CT molecular complexity index is 970. The van der Waals surface area contributed by atoms with Gasteiger partial charge in [-0.3, -0.25) is 0 Å². The molecule has 0 unspecified atom stereocenters. The molecular formula is C22H25N5S. The van der Waals surface area contributed by atoms with Gasteiger partial charge in [-0.2, -0.15) is 0 Å². The Kier molecular flexibility index (Phi) is 5.39. The molecule has 0 radical (unpaired) electrons. The zero-order valence-corrected chi connectivity index (χ0v) is 17.1. The summed E-state index contributed by atoms with van der Waals surface area (Å²) in [7, 11) is 0. The fourth-order valence-corrected chi connectivity index (χ4v) is 3.98. The Hall–Kier alpha value is -2.73. The predicted octanol–water partition coefficient (Wildman–Crippen LogP) is 5.10. The Balaban J connectivity index is 1.45. The van der Waals surface area contributed by atoms with E-state index in [0.29, 0.717) is 5.11 Å². The van der Waals surface area contributed by atoms with Gasteiger partial charge in [-0.1, -0.05) is 12.5 Å². The van der Waals surface area contributed by atoms with Gasteiger partial charge in [0.2, 0.25) is 0 Å². The topological polar surface area (TPSA) is 54.8 Å². The number of aromatic nitrogens is 3. The summed E-state index contributed by atoms with van der Waals surface area (Å²) in [6.45, 7) is 5.17. The lowest BCUT2D eigenvalue weighted by molar-refractivity contribution is 0.636. The van der Waals surface area contributed by atoms with Crippen molar-refractivity contribution >= 4 is 28.7 Å². The Morgan fingerprint density at radius 3 is 2.36 bits per heavy atom. The molecule has 5 nitrogen and oxygen atoms in total. The first-order valence-electron chi connectivity index (χ1n) is 9.77. The van der Waals surface area contributed by atoms with Crippen molar-refractivity contribution in [1.82, 2.24) is 14.8 Å². The largest absolute Gasteiger partial charge is 0.332 e. The van der Waals surface area contributed by atoms with E-state index in [1.165, 1.54) is 30.4 Å². The maximum absolute atomic E-state index is 5.46. The van der Waals surface area contributed by atoms with Crippen molar-refractivity contribution in [3.05, 3.63) is 59.4 Å². The number of anilines is 2. The number of benzene rings is 2. The average molecular weight is 392 g/mol. The quantitative estimate of drug-likeness (QED) is 0.609. The molecule has 0 fully saturated rings. The van der Waals surface area contributed by atoms with Crippen molar-refractivity contribution < 1.29 is 0 Å². The first-order chi connectivity index (χ1) is 13.6. The molecule has 0 spiro atoms. The number of thiocarbonyl (C=S) groups is 1. The molecule has 0 saturated carbocycles. The van der Waals surface area contributed by atoms with Crippen LogP contribution < -0.4 is 10.6 Å². The molecule has 4 rings (SSSR count). The highest BCUT2D eigenvalue weighted by Crippen LogP contribution is 2.24. The van der Waals surface area contributed by atoms with Crippen molar-refractivity contribution in [3.63, 3.8) is 0 Å². The molecule has 0 bridgehead atoms. The first-order valence-corrected chi connectivity index (χ1v) is 10.2. The molecule has 3 aromatic rings. The summed E-state index contributed by atoms with van der Waals surface area (Å²) in [6.07, 6.45) is 4.67. The molecule has 1 aliphatic rings. The number of nitrogens with one attached hydrogen (secondary N) is 2. The number of rotatable bonds is 3. The summed E-state index contributed by atoms with van der Waals surface area (Å²) < 4.78 is 2.27. The Labute approximate surface area is 171 Å². The summed E-state index contributed by atoms with van der Waals surface area (Å²) >= 11 is 5.46. The third-order valence-corrected chi connectivity index (χ3v) is 5.19. The lowest BCUT2D eigenvalue weighted by atomic mass is 10.1. The van der Waals surface area contributed by atoms with Crippen LogP contribution in [0.25, 0.3) is 11.4 Å². The van der Waals surface area contributed by atoms with E-state index in [0.717, 1.165) is 41.6 Å². The van der Waals surface area contributed by atoms with Crippen LogP contribution in [0.3, 0.4) is 0 Å². The maximum atomic E-state index is 5.46. The second kappa shape index (κ2) is 8.10. The van der Waals surface area contributed by atoms with E-state index in [1.54, 1.807) is 0 Å². The standard InChI is InChI=1S/C22H25N5S/c1-15-12-16(2)14-19(13-15)24-22(28)23-18-9-7-17(8-10-18)21-26-25-20-6-4-3-5-11-27(20)21/h7-10,12-14H,3-6,11H2,1-2H3,(H2,23,24,28). The summed E-state index contributed by atoms with van der Waals surface area (Å²) in [5.74, 6) is 2.06.